The summed E-state index contributed by atoms with van der Waals surface area (Å²) in [5.74, 6) is -6.51. The van der Waals surface area contributed by atoms with Crippen molar-refractivity contribution >= 4 is 64.2 Å². The van der Waals surface area contributed by atoms with Crippen LogP contribution in [-0.4, -0.2) is 128 Å². The van der Waals surface area contributed by atoms with E-state index in [1.165, 1.54) is 27.7 Å². The van der Waals surface area contributed by atoms with Crippen LogP contribution in [0.4, 0.5) is 4.39 Å². The summed E-state index contributed by atoms with van der Waals surface area (Å²) < 4.78 is 27.6. The van der Waals surface area contributed by atoms with E-state index in [9.17, 15) is 58.2 Å². The molecule has 8 rings (SSSR count). The van der Waals surface area contributed by atoms with Gasteiger partial charge < -0.3 is 61.1 Å². The molecule has 2 aromatic heterocycles. The summed E-state index contributed by atoms with van der Waals surface area (Å²) in [4.78, 5) is 138. The number of fused-ring (bicyclic) bond motifs is 5. The molecule has 7 amide bonds. The molecule has 23 nitrogen and oxygen atoms in total. The van der Waals surface area contributed by atoms with Gasteiger partial charge in [-0.1, -0.05) is 43.7 Å². The molecule has 3 aliphatic heterocycles. The molecule has 0 radical (unpaired) electrons. The first kappa shape index (κ1) is 59.7. The van der Waals surface area contributed by atoms with Crippen molar-refractivity contribution < 1.29 is 67.2 Å². The van der Waals surface area contributed by atoms with Crippen molar-refractivity contribution in [2.45, 2.75) is 148 Å². The van der Waals surface area contributed by atoms with E-state index >= 15 is 4.39 Å². The summed E-state index contributed by atoms with van der Waals surface area (Å²) >= 11 is 0. The lowest BCUT2D eigenvalue weighted by Crippen LogP contribution is -2.53. The highest BCUT2D eigenvalue weighted by molar-refractivity contribution is 5.96. The van der Waals surface area contributed by atoms with Crippen molar-refractivity contribution in [1.82, 2.24) is 46.4 Å². The van der Waals surface area contributed by atoms with Gasteiger partial charge >= 0.3 is 11.9 Å². The molecular formula is C58H68FN9O14. The van der Waals surface area contributed by atoms with Crippen molar-refractivity contribution in [3.05, 3.63) is 110 Å². The molecule has 1 aliphatic carbocycles. The second kappa shape index (κ2) is 25.2. The van der Waals surface area contributed by atoms with Crippen LogP contribution < -0.4 is 37.5 Å². The van der Waals surface area contributed by atoms with E-state index in [4.69, 9.17) is 14.5 Å². The van der Waals surface area contributed by atoms with E-state index in [0.717, 1.165) is 0 Å². The summed E-state index contributed by atoms with van der Waals surface area (Å²) in [6, 6.07) is 8.37. The van der Waals surface area contributed by atoms with E-state index in [1.54, 1.807) is 71.0 Å². The lowest BCUT2D eigenvalue weighted by molar-refractivity contribution is -0.172. The number of aromatic nitrogens is 2. The fourth-order valence-corrected chi connectivity index (χ4v) is 10.7. The van der Waals surface area contributed by atoms with Gasteiger partial charge in [0.25, 0.3) is 5.56 Å². The second-order valence-corrected chi connectivity index (χ2v) is 21.9. The number of hydrogen-bond donors (Lipinski definition) is 8. The number of hydrogen-bond acceptors (Lipinski definition) is 15. The predicted octanol–water partition coefficient (Wildman–Crippen LogP) is 1.59. The van der Waals surface area contributed by atoms with Gasteiger partial charge in [0.15, 0.2) is 5.60 Å². The number of rotatable bonds is 23. The number of nitrogens with zero attached hydrogens (tertiary/aromatic N) is 3. The Bertz CT molecular complexity index is 3320. The van der Waals surface area contributed by atoms with Gasteiger partial charge in [-0.3, -0.25) is 43.2 Å². The zero-order chi connectivity index (χ0) is 59.2. The van der Waals surface area contributed by atoms with E-state index in [0.29, 0.717) is 76.7 Å². The van der Waals surface area contributed by atoms with Gasteiger partial charge in [0, 0.05) is 54.5 Å². The number of aryl methyl sites for hydroxylation is 1. The molecular weight excluding hydrogens is 1070 g/mol. The van der Waals surface area contributed by atoms with Crippen LogP contribution in [0.15, 0.2) is 59.4 Å². The number of benzene rings is 2. The number of carbonyl (C=O) groups excluding carboxylic acids is 9. The third kappa shape index (κ3) is 13.5. The minimum atomic E-state index is -2.08. The van der Waals surface area contributed by atoms with Gasteiger partial charge in [0.1, 0.15) is 36.3 Å². The van der Waals surface area contributed by atoms with Crippen LogP contribution in [0.3, 0.4) is 0 Å². The highest BCUT2D eigenvalue weighted by Gasteiger charge is 2.46. The molecule has 5 heterocycles. The molecule has 0 bridgehead atoms. The molecule has 82 heavy (non-hydrogen) atoms. The first-order valence-electron chi connectivity index (χ1n) is 27.4. The van der Waals surface area contributed by atoms with Crippen LogP contribution in [0.25, 0.3) is 22.3 Å². The van der Waals surface area contributed by atoms with Crippen LogP contribution in [0.1, 0.15) is 124 Å². The summed E-state index contributed by atoms with van der Waals surface area (Å²) in [6.07, 6.45) is 3.30. The van der Waals surface area contributed by atoms with Crippen LogP contribution in [0.2, 0.25) is 0 Å². The van der Waals surface area contributed by atoms with Gasteiger partial charge in [-0.15, -0.1) is 0 Å². The molecule has 0 saturated heterocycles. The largest absolute Gasteiger partial charge is 0.460 e. The maximum atomic E-state index is 15.5. The standard InChI is InChI=1S/C58H68FN9O14/c1-6-58(80)36-24-42-52-34(29-68(42)55(78)35(36)30-81-56(58)79)51-38(17-16-33-31(2)37(59)25-40(66-52)50(33)51)63-46(72)28-62-54(77)41(23-32-13-9-7-10-14-32)65-45(71)27-60-44(70)26-61-53(76)39(18-21-49(75)82-57(3,4)5)64-43(69)15-11-8-12-22-67-47(73)19-20-48(67)74/h7,9-10,13-14,19-20,24-25,38-39,41,47,73,80H,6,8,11-12,15-18,21-23,26-30H2,1-5H3,(H,60,70)(H,61,76)(H,62,77)(H,63,72)(H,64,69)(H,65,71)/t38-,39-,41-,47?,58-/m0/s1. The predicted molar refractivity (Wildman–Crippen MR) is 292 cm³/mol. The Morgan fingerprint density at radius 1 is 0.866 bits per heavy atom. The number of ether oxygens (including phenoxy) is 2. The summed E-state index contributed by atoms with van der Waals surface area (Å²) in [5, 5.41) is 37.6. The average Bonchev–Trinajstić information content (AvgIpc) is 2.27. The van der Waals surface area contributed by atoms with Crippen LogP contribution >= 0.6 is 0 Å². The van der Waals surface area contributed by atoms with Crippen molar-refractivity contribution in [2.75, 3.05) is 26.2 Å². The maximum absolute atomic E-state index is 15.5. The first-order valence-corrected chi connectivity index (χ1v) is 27.4. The van der Waals surface area contributed by atoms with Gasteiger partial charge in [0.2, 0.25) is 41.4 Å². The number of aliphatic hydroxyl groups is 2. The van der Waals surface area contributed by atoms with Crippen LogP contribution in [-0.2, 0) is 84.2 Å². The SMILES string of the molecule is CC[C@@]1(O)C(=O)OCc2c1cc1n(c2=O)Cc2c-1nc1cc(F)c(C)c3c1c2[C@@H](NC(=O)CNC(=O)[C@H](Cc1ccccc1)NC(=O)CNC(=O)CNC(=O)[C@H](CCC(=O)OC(C)(C)C)NC(=O)CCCCCN1C(=O)C=CC1O)CC3. The summed E-state index contributed by atoms with van der Waals surface area (Å²) in [6.45, 7) is 6.45. The first-order chi connectivity index (χ1) is 39.0. The van der Waals surface area contributed by atoms with Crippen molar-refractivity contribution in [3.8, 4) is 11.4 Å². The Kier molecular flexibility index (Phi) is 18.3. The number of amides is 7. The molecule has 0 spiro atoms. The Morgan fingerprint density at radius 3 is 2.26 bits per heavy atom. The number of nitrogens with one attached hydrogen (secondary N) is 6. The van der Waals surface area contributed by atoms with Gasteiger partial charge in [0.05, 0.1) is 54.7 Å². The molecule has 436 valence electrons. The molecule has 4 aromatic rings. The second-order valence-electron chi connectivity index (χ2n) is 21.9. The van der Waals surface area contributed by atoms with Gasteiger partial charge in [-0.25, -0.2) is 14.2 Å². The fourth-order valence-electron chi connectivity index (χ4n) is 10.7. The molecule has 24 heteroatoms. The Hall–Kier alpha value is -8.38. The number of pyridine rings is 2. The fraction of sp³-hybridized carbons (Fsp3) is 0.466. The number of aliphatic hydroxyl groups excluding tert-OH is 1. The molecule has 4 aliphatic rings. The van der Waals surface area contributed by atoms with Crippen LogP contribution in [0, 0.1) is 12.7 Å². The van der Waals surface area contributed by atoms with Crippen molar-refractivity contribution in [1.29, 1.82) is 0 Å². The highest BCUT2D eigenvalue weighted by Crippen LogP contribution is 2.46. The third-order valence-corrected chi connectivity index (χ3v) is 15.0. The highest BCUT2D eigenvalue weighted by atomic mass is 19.1. The molecule has 0 fully saturated rings. The summed E-state index contributed by atoms with van der Waals surface area (Å²) in [7, 11) is 0. The van der Waals surface area contributed by atoms with E-state index in [2.05, 4.69) is 31.9 Å². The lowest BCUT2D eigenvalue weighted by atomic mass is 9.81. The number of halogens is 1. The maximum Gasteiger partial charge on any atom is 0.343 e. The van der Waals surface area contributed by atoms with Crippen molar-refractivity contribution in [2.24, 2.45) is 0 Å². The topological polar surface area (TPSA) is 323 Å². The number of cyclic esters (lactones) is 1. The van der Waals surface area contributed by atoms with Crippen molar-refractivity contribution in [3.63, 3.8) is 0 Å². The Balaban J connectivity index is 0.880. The monoisotopic (exact) mass is 1130 g/mol. The van der Waals surface area contributed by atoms with E-state index in [1.807, 2.05) is 0 Å². The zero-order valence-electron chi connectivity index (χ0n) is 46.3. The Morgan fingerprint density at radius 2 is 1.56 bits per heavy atom. The molecule has 2 aromatic carbocycles. The van der Waals surface area contributed by atoms with E-state index in [-0.39, 0.29) is 74.4 Å². The zero-order valence-corrected chi connectivity index (χ0v) is 46.3. The molecule has 5 atom stereocenters. The minimum Gasteiger partial charge on any atom is -0.460 e. The average molecular weight is 1130 g/mol. The van der Waals surface area contributed by atoms with Crippen LogP contribution in [0.5, 0.6) is 0 Å². The quantitative estimate of drug-likeness (QED) is 0.0340. The number of esters is 2. The molecule has 1 unspecified atom stereocenters. The summed E-state index contributed by atoms with van der Waals surface area (Å²) in [5.41, 5.74) is 0.693. The molecule has 8 N–H and O–H groups in total. The Labute approximate surface area is 471 Å². The number of unbranched alkanes of at least 4 members (excludes halogenated alkanes) is 2. The lowest BCUT2D eigenvalue weighted by Gasteiger charge is -2.31. The normalized spacial score (nSPS) is 18.3. The molecule has 0 saturated carbocycles. The van der Waals surface area contributed by atoms with Gasteiger partial charge in [-0.2, -0.15) is 0 Å². The minimum absolute atomic E-state index is 0.00705. The van der Waals surface area contributed by atoms with Gasteiger partial charge in [-0.05, 0) is 101 Å². The number of carbonyl (C=O) groups is 9. The van der Waals surface area contributed by atoms with E-state index < -0.39 is 114 Å². The smallest absolute Gasteiger partial charge is 0.343 e. The third-order valence-electron chi connectivity index (χ3n) is 15.0.